The van der Waals surface area contributed by atoms with Crippen molar-refractivity contribution in [2.24, 2.45) is 11.8 Å². The van der Waals surface area contributed by atoms with Crippen molar-refractivity contribution in [3.05, 3.63) is 0 Å². The van der Waals surface area contributed by atoms with Crippen molar-refractivity contribution in [2.75, 3.05) is 7.05 Å². The van der Waals surface area contributed by atoms with Crippen LogP contribution in [0, 0.1) is 11.8 Å². The van der Waals surface area contributed by atoms with Gasteiger partial charge in [-0.15, -0.1) is 0 Å². The molecular weight excluding hydrogens is 238 g/mol. The van der Waals surface area contributed by atoms with Crippen LogP contribution in [0.25, 0.3) is 0 Å². The summed E-state index contributed by atoms with van der Waals surface area (Å²) in [6.07, 6.45) is 6.28. The quantitative estimate of drug-likeness (QED) is 0.754. The average Bonchev–Trinajstić information content (AvgIpc) is 2.74. The first-order valence-electron chi connectivity index (χ1n) is 7.66. The van der Waals surface area contributed by atoms with Crippen LogP contribution in [0.2, 0.25) is 0 Å². The smallest absolute Gasteiger partial charge is 0.410 e. The van der Waals surface area contributed by atoms with Crippen LogP contribution in [0.15, 0.2) is 0 Å². The normalized spacial score (nSPS) is 18.7. The lowest BCUT2D eigenvalue weighted by atomic mass is 9.91. The van der Waals surface area contributed by atoms with Gasteiger partial charge in [-0.1, -0.05) is 39.5 Å². The first kappa shape index (κ1) is 16.3. The number of amides is 1. The van der Waals surface area contributed by atoms with E-state index in [0.29, 0.717) is 5.92 Å². The van der Waals surface area contributed by atoms with Crippen LogP contribution in [-0.2, 0) is 4.74 Å². The summed E-state index contributed by atoms with van der Waals surface area (Å²) < 4.78 is 5.48. The summed E-state index contributed by atoms with van der Waals surface area (Å²) in [4.78, 5) is 14.0. The highest BCUT2D eigenvalue weighted by Gasteiger charge is 2.30. The van der Waals surface area contributed by atoms with E-state index in [9.17, 15) is 4.79 Å². The lowest BCUT2D eigenvalue weighted by Gasteiger charge is -2.34. The predicted molar refractivity (Wildman–Crippen MR) is 79.2 cm³/mol. The minimum Gasteiger partial charge on any atom is -0.444 e. The van der Waals surface area contributed by atoms with Gasteiger partial charge in [-0.2, -0.15) is 0 Å². The van der Waals surface area contributed by atoms with Crippen molar-refractivity contribution < 1.29 is 9.53 Å². The molecule has 1 unspecified atom stereocenters. The van der Waals surface area contributed by atoms with Gasteiger partial charge in [0.25, 0.3) is 0 Å². The van der Waals surface area contributed by atoms with Crippen LogP contribution in [-0.4, -0.2) is 29.7 Å². The Morgan fingerprint density at radius 2 is 1.79 bits per heavy atom. The molecule has 0 heterocycles. The Morgan fingerprint density at radius 1 is 1.26 bits per heavy atom. The Kier molecular flexibility index (Phi) is 5.69. The molecule has 0 aromatic carbocycles. The SMILES string of the molecule is CC(C)C(CC1CCCC1)N(C)C(=O)OC(C)(C)C. The number of hydrogen-bond acceptors (Lipinski definition) is 2. The number of ether oxygens (including phenoxy) is 1. The highest BCUT2D eigenvalue weighted by atomic mass is 16.6. The molecule has 3 nitrogen and oxygen atoms in total. The predicted octanol–water partition coefficient (Wildman–Crippen LogP) is 4.46. The molecule has 1 atom stereocenters. The van der Waals surface area contributed by atoms with Crippen molar-refractivity contribution in [1.29, 1.82) is 0 Å². The number of carbonyl (C=O) groups excluding carboxylic acids is 1. The molecular formula is C16H31NO2. The van der Waals surface area contributed by atoms with Crippen molar-refractivity contribution in [3.8, 4) is 0 Å². The molecule has 0 bridgehead atoms. The third kappa shape index (κ3) is 5.42. The Balaban J connectivity index is 2.61. The van der Waals surface area contributed by atoms with Gasteiger partial charge < -0.3 is 9.64 Å². The van der Waals surface area contributed by atoms with Gasteiger partial charge >= 0.3 is 6.09 Å². The maximum absolute atomic E-state index is 12.2. The Labute approximate surface area is 118 Å². The van der Waals surface area contributed by atoms with Gasteiger partial charge in [0.05, 0.1) is 0 Å². The molecule has 0 aromatic rings. The van der Waals surface area contributed by atoms with Crippen molar-refractivity contribution >= 4 is 6.09 Å². The van der Waals surface area contributed by atoms with Crippen LogP contribution in [0.5, 0.6) is 0 Å². The van der Waals surface area contributed by atoms with Crippen molar-refractivity contribution in [2.45, 2.75) is 78.4 Å². The number of hydrogen-bond donors (Lipinski definition) is 0. The van der Waals surface area contributed by atoms with Crippen LogP contribution in [0.1, 0.15) is 66.7 Å². The number of carbonyl (C=O) groups is 1. The molecule has 0 saturated heterocycles. The summed E-state index contributed by atoms with van der Waals surface area (Å²) in [5.41, 5.74) is -0.416. The van der Waals surface area contributed by atoms with Crippen LogP contribution in [0.4, 0.5) is 4.79 Å². The molecule has 1 rings (SSSR count). The van der Waals surface area contributed by atoms with E-state index in [1.165, 1.54) is 25.7 Å². The lowest BCUT2D eigenvalue weighted by molar-refractivity contribution is 0.0152. The third-order valence-electron chi connectivity index (χ3n) is 4.00. The minimum absolute atomic E-state index is 0.191. The molecule has 0 spiro atoms. The zero-order valence-electron chi connectivity index (χ0n) is 13.5. The summed E-state index contributed by atoms with van der Waals surface area (Å²) in [6.45, 7) is 10.1. The first-order chi connectivity index (χ1) is 8.70. The Hall–Kier alpha value is -0.730. The first-order valence-corrected chi connectivity index (χ1v) is 7.66. The van der Waals surface area contributed by atoms with E-state index >= 15 is 0 Å². The minimum atomic E-state index is -0.416. The fourth-order valence-corrected chi connectivity index (χ4v) is 2.93. The van der Waals surface area contributed by atoms with Crippen LogP contribution >= 0.6 is 0 Å². The van der Waals surface area contributed by atoms with E-state index in [2.05, 4.69) is 13.8 Å². The van der Waals surface area contributed by atoms with E-state index < -0.39 is 5.60 Å². The fourth-order valence-electron chi connectivity index (χ4n) is 2.93. The van der Waals surface area contributed by atoms with Gasteiger partial charge in [0.15, 0.2) is 0 Å². The van der Waals surface area contributed by atoms with E-state index in [0.717, 1.165) is 12.3 Å². The summed E-state index contributed by atoms with van der Waals surface area (Å²) in [6, 6.07) is 0.290. The standard InChI is InChI=1S/C16H31NO2/c1-12(2)14(11-13-9-7-8-10-13)17(6)15(18)19-16(3,4)5/h12-14H,7-11H2,1-6H3. The molecule has 1 amide bonds. The highest BCUT2D eigenvalue weighted by Crippen LogP contribution is 2.31. The second-order valence-electron chi connectivity index (χ2n) is 7.29. The number of nitrogens with zero attached hydrogens (tertiary/aromatic N) is 1. The van der Waals surface area contributed by atoms with Crippen LogP contribution in [0.3, 0.4) is 0 Å². The molecule has 0 aromatic heterocycles. The molecule has 1 aliphatic carbocycles. The largest absolute Gasteiger partial charge is 0.444 e. The van der Waals surface area contributed by atoms with Crippen molar-refractivity contribution in [1.82, 2.24) is 4.90 Å². The third-order valence-corrected chi connectivity index (χ3v) is 4.00. The highest BCUT2D eigenvalue weighted by molar-refractivity contribution is 5.68. The van der Waals surface area contributed by atoms with E-state index in [4.69, 9.17) is 4.74 Å². The lowest BCUT2D eigenvalue weighted by Crippen LogP contribution is -2.44. The van der Waals surface area contributed by atoms with Gasteiger partial charge in [0, 0.05) is 13.1 Å². The zero-order valence-corrected chi connectivity index (χ0v) is 13.5. The maximum atomic E-state index is 12.2. The summed E-state index contributed by atoms with van der Waals surface area (Å²) in [5, 5.41) is 0. The molecule has 0 N–H and O–H groups in total. The van der Waals surface area contributed by atoms with Gasteiger partial charge in [-0.25, -0.2) is 4.79 Å². The van der Waals surface area contributed by atoms with E-state index in [1.807, 2.05) is 32.7 Å². The average molecular weight is 269 g/mol. The molecule has 0 radical (unpaired) electrons. The molecule has 1 aliphatic rings. The molecule has 112 valence electrons. The summed E-state index contributed by atoms with van der Waals surface area (Å²) in [7, 11) is 1.88. The summed E-state index contributed by atoms with van der Waals surface area (Å²) >= 11 is 0. The topological polar surface area (TPSA) is 29.5 Å². The Bertz CT molecular complexity index is 288. The molecule has 1 fully saturated rings. The molecule has 0 aliphatic heterocycles. The monoisotopic (exact) mass is 269 g/mol. The van der Waals surface area contributed by atoms with Gasteiger partial charge in [0.2, 0.25) is 0 Å². The second kappa shape index (κ2) is 6.62. The molecule has 1 saturated carbocycles. The Morgan fingerprint density at radius 3 is 2.21 bits per heavy atom. The summed E-state index contributed by atoms with van der Waals surface area (Å²) in [5.74, 6) is 1.26. The second-order valence-corrected chi connectivity index (χ2v) is 7.29. The van der Waals surface area contributed by atoms with Crippen molar-refractivity contribution in [3.63, 3.8) is 0 Å². The fraction of sp³-hybridized carbons (Fsp3) is 0.938. The number of rotatable bonds is 4. The zero-order chi connectivity index (χ0) is 14.6. The molecule has 3 heteroatoms. The van der Waals surface area contributed by atoms with Gasteiger partial charge in [-0.3, -0.25) is 0 Å². The van der Waals surface area contributed by atoms with Gasteiger partial charge in [-0.05, 0) is 39.0 Å². The van der Waals surface area contributed by atoms with Gasteiger partial charge in [0.1, 0.15) is 5.60 Å². The van der Waals surface area contributed by atoms with Crippen LogP contribution < -0.4 is 0 Å². The van der Waals surface area contributed by atoms with E-state index in [-0.39, 0.29) is 12.1 Å². The van der Waals surface area contributed by atoms with E-state index in [1.54, 1.807) is 0 Å². The molecule has 19 heavy (non-hydrogen) atoms. The maximum Gasteiger partial charge on any atom is 0.410 e.